The third-order valence-corrected chi connectivity index (χ3v) is 4.38. The lowest BCUT2D eigenvalue weighted by Gasteiger charge is -2.14. The van der Waals surface area contributed by atoms with Crippen molar-refractivity contribution in [1.82, 2.24) is 9.71 Å². The summed E-state index contributed by atoms with van der Waals surface area (Å²) in [4.78, 5) is 3.98. The highest BCUT2D eigenvalue weighted by atomic mass is 32.2. The number of nitrogen functional groups attached to an aromatic ring is 1. The lowest BCUT2D eigenvalue weighted by atomic mass is 10.3. The van der Waals surface area contributed by atoms with Crippen molar-refractivity contribution in [1.29, 1.82) is 0 Å². The molecule has 0 saturated carbocycles. The molecule has 114 valence electrons. The molecule has 2 rings (SSSR count). The Morgan fingerprint density at radius 2 is 2.14 bits per heavy atom. The van der Waals surface area contributed by atoms with E-state index in [4.69, 9.17) is 14.9 Å². The molecular formula is C13H17N3O4S. The van der Waals surface area contributed by atoms with E-state index in [-0.39, 0.29) is 10.6 Å². The van der Waals surface area contributed by atoms with Gasteiger partial charge in [0.1, 0.15) is 16.4 Å². The zero-order chi connectivity index (χ0) is 15.6. The second-order valence-corrected chi connectivity index (χ2v) is 6.24. The van der Waals surface area contributed by atoms with Crippen LogP contribution in [0, 0.1) is 6.92 Å². The Balaban J connectivity index is 2.32. The summed E-state index contributed by atoms with van der Waals surface area (Å²) in [5.74, 6) is 1.11. The van der Waals surface area contributed by atoms with Gasteiger partial charge in [-0.05, 0) is 32.0 Å². The van der Waals surface area contributed by atoms with Gasteiger partial charge >= 0.3 is 0 Å². The maximum Gasteiger partial charge on any atom is 0.245 e. The molecule has 1 aromatic carbocycles. The first-order chi connectivity index (χ1) is 9.83. The van der Waals surface area contributed by atoms with E-state index in [1.54, 1.807) is 19.9 Å². The predicted molar refractivity (Wildman–Crippen MR) is 77.4 cm³/mol. The summed E-state index contributed by atoms with van der Waals surface area (Å²) in [5, 5.41) is 0. The standard InChI is InChI=1S/C13H17N3O4S/c1-8-7-15-13(20-8)9(2)16-21(17,18)12-6-10(14)4-5-11(12)19-3/h4-7,9,16H,14H2,1-3H3. The van der Waals surface area contributed by atoms with E-state index < -0.39 is 16.1 Å². The maximum absolute atomic E-state index is 12.4. The van der Waals surface area contributed by atoms with Gasteiger partial charge in [-0.3, -0.25) is 0 Å². The van der Waals surface area contributed by atoms with E-state index in [1.165, 1.54) is 25.4 Å². The van der Waals surface area contributed by atoms with Gasteiger partial charge < -0.3 is 14.9 Å². The van der Waals surface area contributed by atoms with Crippen molar-refractivity contribution in [3.05, 3.63) is 36.0 Å². The van der Waals surface area contributed by atoms with Gasteiger partial charge in [0.2, 0.25) is 15.9 Å². The number of hydrogen-bond acceptors (Lipinski definition) is 6. The highest BCUT2D eigenvalue weighted by Gasteiger charge is 2.24. The van der Waals surface area contributed by atoms with E-state index in [0.717, 1.165) is 0 Å². The van der Waals surface area contributed by atoms with E-state index in [9.17, 15) is 8.42 Å². The van der Waals surface area contributed by atoms with Gasteiger partial charge in [0.15, 0.2) is 0 Å². The summed E-state index contributed by atoms with van der Waals surface area (Å²) in [6.45, 7) is 3.38. The molecule has 0 saturated heterocycles. The average molecular weight is 311 g/mol. The SMILES string of the molecule is COc1ccc(N)cc1S(=O)(=O)NC(C)c1ncc(C)o1. The molecule has 1 aromatic heterocycles. The number of anilines is 1. The summed E-state index contributed by atoms with van der Waals surface area (Å²) >= 11 is 0. The van der Waals surface area contributed by atoms with E-state index in [0.29, 0.717) is 17.3 Å². The highest BCUT2D eigenvalue weighted by Crippen LogP contribution is 2.27. The van der Waals surface area contributed by atoms with Crippen molar-refractivity contribution in [2.75, 3.05) is 12.8 Å². The van der Waals surface area contributed by atoms with Crippen LogP contribution in [0.25, 0.3) is 0 Å². The second kappa shape index (κ2) is 5.74. The lowest BCUT2D eigenvalue weighted by Crippen LogP contribution is -2.27. The van der Waals surface area contributed by atoms with Crippen LogP contribution in [0.5, 0.6) is 5.75 Å². The van der Waals surface area contributed by atoms with E-state index in [2.05, 4.69) is 9.71 Å². The minimum absolute atomic E-state index is 0.0277. The molecule has 0 spiro atoms. The molecule has 0 aliphatic heterocycles. The molecule has 0 amide bonds. The second-order valence-electron chi connectivity index (χ2n) is 4.56. The number of nitrogens with zero attached hydrogens (tertiary/aromatic N) is 1. The molecule has 0 aliphatic carbocycles. The molecule has 8 heteroatoms. The van der Waals surface area contributed by atoms with Crippen LogP contribution in [-0.2, 0) is 10.0 Å². The Hall–Kier alpha value is -2.06. The quantitative estimate of drug-likeness (QED) is 0.812. The van der Waals surface area contributed by atoms with Gasteiger partial charge in [-0.25, -0.2) is 13.4 Å². The van der Waals surface area contributed by atoms with Crippen LogP contribution in [-0.4, -0.2) is 20.5 Å². The molecule has 1 atom stereocenters. The Morgan fingerprint density at radius 3 is 2.71 bits per heavy atom. The molecule has 7 nitrogen and oxygen atoms in total. The van der Waals surface area contributed by atoms with E-state index in [1.807, 2.05) is 0 Å². The molecule has 1 heterocycles. The Bertz CT molecular complexity index is 740. The summed E-state index contributed by atoms with van der Waals surface area (Å²) in [5.41, 5.74) is 5.97. The Kier molecular flexibility index (Phi) is 4.19. The topological polar surface area (TPSA) is 107 Å². The smallest absolute Gasteiger partial charge is 0.245 e. The number of oxazole rings is 1. The van der Waals surface area contributed by atoms with Crippen LogP contribution in [0.3, 0.4) is 0 Å². The van der Waals surface area contributed by atoms with Crippen LogP contribution < -0.4 is 15.2 Å². The fourth-order valence-corrected chi connectivity index (χ4v) is 3.22. The molecule has 0 radical (unpaired) electrons. The largest absolute Gasteiger partial charge is 0.495 e. The van der Waals surface area contributed by atoms with Crippen LogP contribution in [0.1, 0.15) is 24.6 Å². The number of methoxy groups -OCH3 is 1. The molecule has 1 unspecified atom stereocenters. The van der Waals surface area contributed by atoms with Gasteiger partial charge in [0, 0.05) is 5.69 Å². The number of sulfonamides is 1. The van der Waals surface area contributed by atoms with Crippen molar-refractivity contribution in [3.63, 3.8) is 0 Å². The third kappa shape index (κ3) is 3.34. The number of nitrogens with two attached hydrogens (primary N) is 1. The van der Waals surface area contributed by atoms with Crippen molar-refractivity contribution >= 4 is 15.7 Å². The van der Waals surface area contributed by atoms with Gasteiger partial charge in [0.25, 0.3) is 0 Å². The van der Waals surface area contributed by atoms with Crippen molar-refractivity contribution in [2.24, 2.45) is 0 Å². The third-order valence-electron chi connectivity index (χ3n) is 2.82. The van der Waals surface area contributed by atoms with Crippen LogP contribution >= 0.6 is 0 Å². The minimum atomic E-state index is -3.82. The summed E-state index contributed by atoms with van der Waals surface area (Å²) < 4.78 is 37.7. The molecular weight excluding hydrogens is 294 g/mol. The lowest BCUT2D eigenvalue weighted by molar-refractivity contribution is 0.400. The van der Waals surface area contributed by atoms with Crippen LogP contribution in [0.2, 0.25) is 0 Å². The van der Waals surface area contributed by atoms with Gasteiger partial charge in [-0.2, -0.15) is 4.72 Å². The zero-order valence-electron chi connectivity index (χ0n) is 12.0. The van der Waals surface area contributed by atoms with Crippen LogP contribution in [0.15, 0.2) is 33.7 Å². The van der Waals surface area contributed by atoms with Gasteiger partial charge in [-0.1, -0.05) is 0 Å². The average Bonchev–Trinajstić information content (AvgIpc) is 2.85. The molecule has 2 aromatic rings. The number of rotatable bonds is 5. The fraction of sp³-hybridized carbons (Fsp3) is 0.308. The van der Waals surface area contributed by atoms with Gasteiger partial charge in [-0.15, -0.1) is 0 Å². The summed E-state index contributed by atoms with van der Waals surface area (Å²) in [6.07, 6.45) is 1.53. The maximum atomic E-state index is 12.4. The number of aryl methyl sites for hydroxylation is 1. The fourth-order valence-electron chi connectivity index (χ4n) is 1.82. The van der Waals surface area contributed by atoms with Crippen molar-refractivity contribution in [3.8, 4) is 5.75 Å². The zero-order valence-corrected chi connectivity index (χ0v) is 12.8. The molecule has 3 N–H and O–H groups in total. The van der Waals surface area contributed by atoms with Crippen molar-refractivity contribution < 1.29 is 17.6 Å². The number of hydrogen-bond donors (Lipinski definition) is 2. The Labute approximate surface area is 123 Å². The summed E-state index contributed by atoms with van der Waals surface area (Å²) in [6, 6.07) is 3.80. The first-order valence-corrected chi connectivity index (χ1v) is 7.70. The predicted octanol–water partition coefficient (Wildman–Crippen LogP) is 1.61. The van der Waals surface area contributed by atoms with E-state index >= 15 is 0 Å². The normalized spacial score (nSPS) is 13.1. The van der Waals surface area contributed by atoms with Gasteiger partial charge in [0.05, 0.1) is 19.3 Å². The number of benzene rings is 1. The Morgan fingerprint density at radius 1 is 1.43 bits per heavy atom. The highest BCUT2D eigenvalue weighted by molar-refractivity contribution is 7.89. The van der Waals surface area contributed by atoms with Crippen LogP contribution in [0.4, 0.5) is 5.69 Å². The molecule has 0 aliphatic rings. The molecule has 0 bridgehead atoms. The summed E-state index contributed by atoms with van der Waals surface area (Å²) in [7, 11) is -2.42. The van der Waals surface area contributed by atoms with Crippen molar-refractivity contribution in [2.45, 2.75) is 24.8 Å². The molecule has 0 fully saturated rings. The first-order valence-electron chi connectivity index (χ1n) is 6.21. The number of nitrogens with one attached hydrogen (secondary N) is 1. The monoisotopic (exact) mass is 311 g/mol. The molecule has 21 heavy (non-hydrogen) atoms. The number of ether oxygens (including phenoxy) is 1. The first kappa shape index (κ1) is 15.3. The number of aromatic nitrogens is 1. The minimum Gasteiger partial charge on any atom is -0.495 e.